The molecule has 1 aliphatic carbocycles. The van der Waals surface area contributed by atoms with Crippen LogP contribution in [-0.2, 0) is 9.59 Å². The van der Waals surface area contributed by atoms with Gasteiger partial charge in [0.25, 0.3) is 0 Å². The zero-order chi connectivity index (χ0) is 11.4. The van der Waals surface area contributed by atoms with Crippen molar-refractivity contribution in [1.29, 1.82) is 0 Å². The van der Waals surface area contributed by atoms with Crippen LogP contribution in [0.1, 0.15) is 18.4 Å². The third-order valence-corrected chi connectivity index (χ3v) is 3.21. The minimum Gasteiger partial charge on any atom is -0.481 e. The van der Waals surface area contributed by atoms with Gasteiger partial charge < -0.3 is 5.11 Å². The van der Waals surface area contributed by atoms with E-state index in [1.165, 1.54) is 6.92 Å². The molecule has 0 spiro atoms. The SMILES string of the molecule is CC(=O)[N+]1=C2C(C(=O)O)C2c2ccccc21. The first-order valence-corrected chi connectivity index (χ1v) is 5.12. The van der Waals surface area contributed by atoms with Crippen LogP contribution in [-0.4, -0.2) is 27.3 Å². The number of carbonyl (C=O) groups is 2. The van der Waals surface area contributed by atoms with E-state index < -0.39 is 11.9 Å². The number of benzene rings is 1. The predicted octanol–water partition coefficient (Wildman–Crippen LogP) is 1.13. The van der Waals surface area contributed by atoms with E-state index in [9.17, 15) is 9.59 Å². The molecule has 4 nitrogen and oxygen atoms in total. The van der Waals surface area contributed by atoms with Gasteiger partial charge in [0.15, 0.2) is 11.6 Å². The number of carboxylic acid groups (broad SMARTS) is 1. The summed E-state index contributed by atoms with van der Waals surface area (Å²) in [6, 6.07) is 7.48. The zero-order valence-corrected chi connectivity index (χ0v) is 8.68. The van der Waals surface area contributed by atoms with E-state index in [4.69, 9.17) is 5.11 Å². The molecule has 1 aromatic carbocycles. The Kier molecular flexibility index (Phi) is 1.61. The van der Waals surface area contributed by atoms with Crippen molar-refractivity contribution in [3.63, 3.8) is 0 Å². The second kappa shape index (κ2) is 2.78. The van der Waals surface area contributed by atoms with E-state index in [1.54, 1.807) is 4.58 Å². The highest BCUT2D eigenvalue weighted by Gasteiger charge is 2.66. The Balaban J connectivity index is 2.19. The number of hydrogen-bond acceptors (Lipinski definition) is 2. The molecule has 1 aromatic rings. The predicted molar refractivity (Wildman–Crippen MR) is 55.9 cm³/mol. The first-order valence-electron chi connectivity index (χ1n) is 5.12. The van der Waals surface area contributed by atoms with Gasteiger partial charge in [-0.3, -0.25) is 4.79 Å². The van der Waals surface area contributed by atoms with Crippen LogP contribution in [0, 0.1) is 5.92 Å². The van der Waals surface area contributed by atoms with Crippen LogP contribution in [0.5, 0.6) is 0 Å². The van der Waals surface area contributed by atoms with Gasteiger partial charge in [0.1, 0.15) is 0 Å². The van der Waals surface area contributed by atoms with Gasteiger partial charge in [0, 0.05) is 11.6 Å². The highest BCUT2D eigenvalue weighted by molar-refractivity contribution is 6.21. The Morgan fingerprint density at radius 1 is 1.31 bits per heavy atom. The van der Waals surface area contributed by atoms with Gasteiger partial charge in [-0.05, 0) is 0 Å². The molecule has 2 atom stereocenters. The fourth-order valence-electron chi connectivity index (χ4n) is 2.58. The molecule has 1 amide bonds. The molecule has 1 saturated carbocycles. The molecule has 0 radical (unpaired) electrons. The number of hydrogen-bond donors (Lipinski definition) is 1. The number of aliphatic carboxylic acids is 1. The average Bonchev–Trinajstić information content (AvgIpc) is 2.86. The van der Waals surface area contributed by atoms with Gasteiger partial charge in [0.2, 0.25) is 5.69 Å². The van der Waals surface area contributed by atoms with E-state index in [-0.39, 0.29) is 11.8 Å². The molecule has 2 aliphatic rings. The van der Waals surface area contributed by atoms with Crippen LogP contribution in [0.3, 0.4) is 0 Å². The smallest absolute Gasteiger partial charge is 0.389 e. The summed E-state index contributed by atoms with van der Waals surface area (Å²) in [7, 11) is 0. The summed E-state index contributed by atoms with van der Waals surface area (Å²) in [4.78, 5) is 22.5. The van der Waals surface area contributed by atoms with Crippen LogP contribution in [0.2, 0.25) is 0 Å². The molecule has 2 unspecified atom stereocenters. The van der Waals surface area contributed by atoms with E-state index >= 15 is 0 Å². The molecule has 3 rings (SSSR count). The number of para-hydroxylation sites is 1. The fourth-order valence-corrected chi connectivity index (χ4v) is 2.58. The molecule has 80 valence electrons. The van der Waals surface area contributed by atoms with Gasteiger partial charge in [-0.25, -0.2) is 4.79 Å². The van der Waals surface area contributed by atoms with Gasteiger partial charge in [-0.2, -0.15) is 0 Å². The molecule has 1 aliphatic heterocycles. The van der Waals surface area contributed by atoms with Crippen molar-refractivity contribution in [2.24, 2.45) is 5.92 Å². The Hall–Kier alpha value is -1.97. The lowest BCUT2D eigenvalue weighted by molar-refractivity contribution is -0.361. The average molecular weight is 216 g/mol. The molecule has 1 heterocycles. The standard InChI is InChI=1S/C12H9NO3/c1-6(14)13-8-5-3-2-4-7(8)9-10(11(9)13)12(15)16/h2-5,9-10H,1H3/p+1. The molecule has 4 heteroatoms. The van der Waals surface area contributed by atoms with Crippen molar-refractivity contribution < 1.29 is 19.3 Å². The topological polar surface area (TPSA) is 57.4 Å². The molecular formula is C12H10NO3+. The highest BCUT2D eigenvalue weighted by Crippen LogP contribution is 2.53. The monoisotopic (exact) mass is 216 g/mol. The van der Waals surface area contributed by atoms with Crippen LogP contribution in [0.4, 0.5) is 5.69 Å². The summed E-state index contributed by atoms with van der Waals surface area (Å²) in [5, 5.41) is 9.03. The molecule has 1 fully saturated rings. The minimum atomic E-state index is -0.847. The number of amides is 1. The van der Waals surface area contributed by atoms with Gasteiger partial charge >= 0.3 is 11.9 Å². The lowest BCUT2D eigenvalue weighted by Gasteiger charge is -2.00. The van der Waals surface area contributed by atoms with Gasteiger partial charge in [-0.15, -0.1) is 4.58 Å². The normalized spacial score (nSPS) is 25.1. The Labute approximate surface area is 91.8 Å². The zero-order valence-electron chi connectivity index (χ0n) is 8.68. The van der Waals surface area contributed by atoms with E-state index in [1.807, 2.05) is 24.3 Å². The van der Waals surface area contributed by atoms with Crippen molar-refractivity contribution in [2.75, 3.05) is 0 Å². The summed E-state index contributed by atoms with van der Waals surface area (Å²) in [6.45, 7) is 1.46. The maximum Gasteiger partial charge on any atom is 0.389 e. The highest BCUT2D eigenvalue weighted by atomic mass is 16.4. The first kappa shape index (κ1) is 9.27. The van der Waals surface area contributed by atoms with Crippen molar-refractivity contribution in [3.8, 4) is 0 Å². The number of carboxylic acids is 1. The lowest BCUT2D eigenvalue weighted by atomic mass is 10.1. The van der Waals surface area contributed by atoms with Crippen LogP contribution in [0.15, 0.2) is 24.3 Å². The maximum atomic E-state index is 11.5. The molecule has 16 heavy (non-hydrogen) atoms. The van der Waals surface area contributed by atoms with Crippen molar-refractivity contribution in [2.45, 2.75) is 12.8 Å². The molecule has 0 saturated heterocycles. The summed E-state index contributed by atoms with van der Waals surface area (Å²) in [5.74, 6) is -1.55. The second-order valence-electron chi connectivity index (χ2n) is 4.13. The van der Waals surface area contributed by atoms with Crippen LogP contribution >= 0.6 is 0 Å². The Bertz CT molecular complexity index is 559. The minimum absolute atomic E-state index is 0.0856. The van der Waals surface area contributed by atoms with Crippen molar-refractivity contribution in [1.82, 2.24) is 0 Å². The Morgan fingerprint density at radius 3 is 2.62 bits per heavy atom. The summed E-state index contributed by atoms with van der Waals surface area (Å²) in [6.07, 6.45) is 0. The third-order valence-electron chi connectivity index (χ3n) is 3.21. The van der Waals surface area contributed by atoms with Crippen LogP contribution < -0.4 is 0 Å². The van der Waals surface area contributed by atoms with Crippen LogP contribution in [0.25, 0.3) is 0 Å². The van der Waals surface area contributed by atoms with Crippen molar-refractivity contribution in [3.05, 3.63) is 29.8 Å². The number of fused-ring (bicyclic) bond motifs is 3. The number of rotatable bonds is 1. The van der Waals surface area contributed by atoms with Gasteiger partial charge in [0.05, 0.1) is 12.8 Å². The largest absolute Gasteiger partial charge is 0.481 e. The summed E-state index contributed by atoms with van der Waals surface area (Å²) >= 11 is 0. The number of nitrogens with zero attached hydrogens (tertiary/aromatic N) is 1. The molecule has 0 bridgehead atoms. The maximum absolute atomic E-state index is 11.5. The first-order chi connectivity index (χ1) is 7.63. The van der Waals surface area contributed by atoms with E-state index in [0.29, 0.717) is 0 Å². The molecular weight excluding hydrogens is 206 g/mol. The van der Waals surface area contributed by atoms with Gasteiger partial charge in [-0.1, -0.05) is 18.2 Å². The summed E-state index contributed by atoms with van der Waals surface area (Å²) in [5.41, 5.74) is 2.52. The number of carbonyl (C=O) groups excluding carboxylic acids is 1. The molecule has 0 aromatic heterocycles. The van der Waals surface area contributed by atoms with Crippen molar-refractivity contribution >= 4 is 23.3 Å². The molecule has 1 N–H and O–H groups in total. The quantitative estimate of drug-likeness (QED) is 0.716. The lowest BCUT2D eigenvalue weighted by Crippen LogP contribution is -2.16. The Morgan fingerprint density at radius 2 is 2.00 bits per heavy atom. The third kappa shape index (κ3) is 0.961. The van der Waals surface area contributed by atoms with E-state index in [0.717, 1.165) is 17.0 Å². The fraction of sp³-hybridized carbons (Fsp3) is 0.250. The van der Waals surface area contributed by atoms with E-state index in [2.05, 4.69) is 0 Å². The second-order valence-corrected chi connectivity index (χ2v) is 4.13. The summed E-state index contributed by atoms with van der Waals surface area (Å²) < 4.78 is 1.54.